The Morgan fingerprint density at radius 2 is 1.50 bits per heavy atom. The zero-order valence-corrected chi connectivity index (χ0v) is 19.4. The number of esters is 1. The van der Waals surface area contributed by atoms with Gasteiger partial charge in [-0.3, -0.25) is 14.9 Å². The van der Waals surface area contributed by atoms with Gasteiger partial charge in [-0.15, -0.1) is 0 Å². The summed E-state index contributed by atoms with van der Waals surface area (Å²) in [5.74, 6) is -0.267. The van der Waals surface area contributed by atoms with E-state index in [1.807, 2.05) is 30.3 Å². The topological polar surface area (TPSA) is 117 Å². The molecule has 1 unspecified atom stereocenters. The Morgan fingerprint density at radius 3 is 2.06 bits per heavy atom. The van der Waals surface area contributed by atoms with Crippen molar-refractivity contribution in [1.82, 2.24) is 5.09 Å². The van der Waals surface area contributed by atoms with Gasteiger partial charge in [0.2, 0.25) is 0 Å². The van der Waals surface area contributed by atoms with Gasteiger partial charge in [0, 0.05) is 12.1 Å². The van der Waals surface area contributed by atoms with Gasteiger partial charge >= 0.3 is 13.7 Å². The van der Waals surface area contributed by atoms with Crippen LogP contribution in [0.2, 0.25) is 0 Å². The van der Waals surface area contributed by atoms with Gasteiger partial charge in [-0.05, 0) is 49.6 Å². The molecule has 0 aliphatic rings. The maximum absolute atomic E-state index is 13.8. The number of aryl methyl sites for hydroxylation is 1. The molecule has 178 valence electrons. The summed E-state index contributed by atoms with van der Waals surface area (Å²) in [7, 11) is -4.18. The fraction of sp³-hybridized carbons (Fsp3) is 0.208. The monoisotopic (exact) mass is 484 g/mol. The molecule has 0 spiro atoms. The number of nitro groups is 1. The van der Waals surface area contributed by atoms with Gasteiger partial charge in [-0.1, -0.05) is 48.5 Å². The van der Waals surface area contributed by atoms with Gasteiger partial charge in [0.25, 0.3) is 5.69 Å². The Kier molecular flexibility index (Phi) is 8.79. The number of carbonyl (C=O) groups is 1. The van der Waals surface area contributed by atoms with Gasteiger partial charge in [-0.2, -0.15) is 5.09 Å². The molecule has 0 aliphatic carbocycles. The van der Waals surface area contributed by atoms with Gasteiger partial charge in [0.15, 0.2) is 0 Å². The van der Waals surface area contributed by atoms with Crippen LogP contribution in [-0.2, 0) is 20.5 Å². The minimum absolute atomic E-state index is 0.0723. The summed E-state index contributed by atoms with van der Waals surface area (Å²) in [6, 6.07) is 22.0. The quantitative estimate of drug-likeness (QED) is 0.159. The standard InChI is InChI=1S/C24H25N2O7P/c1-2-31-24(27)23(18-13-19-9-5-3-6-10-19)25-34(30,32-21-11-7-4-8-12-21)33-22-16-14-20(15-17-22)26(28)29/h3-12,14-17,23H,2,13,18H2,1H3,(H,25,30)/t23-,34?/m0/s1. The van der Waals surface area contributed by atoms with Crippen LogP contribution in [0.1, 0.15) is 18.9 Å². The third-order valence-electron chi connectivity index (χ3n) is 4.69. The summed E-state index contributed by atoms with van der Waals surface area (Å²) in [4.78, 5) is 23.1. The number of nitrogens with zero attached hydrogens (tertiary/aromatic N) is 1. The first-order chi connectivity index (χ1) is 16.4. The van der Waals surface area contributed by atoms with Crippen molar-refractivity contribution in [3.8, 4) is 11.5 Å². The van der Waals surface area contributed by atoms with Crippen LogP contribution in [0.3, 0.4) is 0 Å². The number of hydrogen-bond donors (Lipinski definition) is 1. The summed E-state index contributed by atoms with van der Waals surface area (Å²) in [6.07, 6.45) is 0.787. The lowest BCUT2D eigenvalue weighted by Crippen LogP contribution is -2.38. The summed E-state index contributed by atoms with van der Waals surface area (Å²) >= 11 is 0. The molecular formula is C24H25N2O7P. The van der Waals surface area contributed by atoms with Crippen molar-refractivity contribution in [1.29, 1.82) is 0 Å². The minimum atomic E-state index is -4.18. The number of benzene rings is 3. The SMILES string of the molecule is CCOC(=O)[C@H](CCc1ccccc1)NP(=O)(Oc1ccccc1)Oc1ccc([N+](=O)[O-])cc1. The molecule has 1 N–H and O–H groups in total. The third kappa shape index (κ3) is 7.43. The van der Waals surface area contributed by atoms with E-state index in [1.165, 1.54) is 24.3 Å². The lowest BCUT2D eigenvalue weighted by Gasteiger charge is -2.25. The number of nitrogens with one attached hydrogen (secondary N) is 1. The second-order valence-corrected chi connectivity index (χ2v) is 8.82. The molecular weight excluding hydrogens is 459 g/mol. The molecule has 0 heterocycles. The molecule has 0 radical (unpaired) electrons. The van der Waals surface area contributed by atoms with Crippen molar-refractivity contribution >= 4 is 19.4 Å². The highest BCUT2D eigenvalue weighted by atomic mass is 31.2. The highest BCUT2D eigenvalue weighted by Crippen LogP contribution is 2.46. The fourth-order valence-corrected chi connectivity index (χ4v) is 4.64. The highest BCUT2D eigenvalue weighted by molar-refractivity contribution is 7.52. The Morgan fingerprint density at radius 1 is 0.941 bits per heavy atom. The van der Waals surface area contributed by atoms with Crippen LogP contribution in [0, 0.1) is 10.1 Å². The van der Waals surface area contributed by atoms with Crippen molar-refractivity contribution < 1.29 is 28.1 Å². The van der Waals surface area contributed by atoms with E-state index in [4.69, 9.17) is 13.8 Å². The van der Waals surface area contributed by atoms with Crippen molar-refractivity contribution in [3.63, 3.8) is 0 Å². The molecule has 3 aromatic carbocycles. The zero-order valence-electron chi connectivity index (χ0n) is 18.5. The summed E-state index contributed by atoms with van der Waals surface area (Å²) in [5.41, 5.74) is 0.847. The molecule has 3 rings (SSSR count). The molecule has 0 saturated heterocycles. The second kappa shape index (κ2) is 12.0. The number of hydrogen-bond acceptors (Lipinski definition) is 7. The van der Waals surface area contributed by atoms with E-state index in [2.05, 4.69) is 5.09 Å². The van der Waals surface area contributed by atoms with Crippen molar-refractivity contribution in [2.75, 3.05) is 6.61 Å². The van der Waals surface area contributed by atoms with Crippen LogP contribution >= 0.6 is 7.75 Å². The van der Waals surface area contributed by atoms with E-state index in [1.54, 1.807) is 37.3 Å². The van der Waals surface area contributed by atoms with Crippen LogP contribution in [0.15, 0.2) is 84.9 Å². The highest BCUT2D eigenvalue weighted by Gasteiger charge is 2.36. The minimum Gasteiger partial charge on any atom is -0.465 e. The summed E-state index contributed by atoms with van der Waals surface area (Å²) in [5, 5.41) is 13.7. The molecule has 0 amide bonds. The lowest BCUT2D eigenvalue weighted by atomic mass is 10.1. The number of para-hydroxylation sites is 1. The number of ether oxygens (including phenoxy) is 1. The van der Waals surface area contributed by atoms with E-state index in [9.17, 15) is 19.5 Å². The Hall–Kier alpha value is -3.68. The normalized spacial score (nSPS) is 13.3. The first-order valence-electron chi connectivity index (χ1n) is 10.7. The number of non-ortho nitro benzene ring substituents is 1. The summed E-state index contributed by atoms with van der Waals surface area (Å²) < 4.78 is 30.3. The lowest BCUT2D eigenvalue weighted by molar-refractivity contribution is -0.384. The molecule has 10 heteroatoms. The molecule has 0 saturated carbocycles. The maximum Gasteiger partial charge on any atom is 0.513 e. The predicted octanol–water partition coefficient (Wildman–Crippen LogP) is 5.31. The van der Waals surface area contributed by atoms with Gasteiger partial charge in [0.1, 0.15) is 17.5 Å². The van der Waals surface area contributed by atoms with E-state index < -0.39 is 24.7 Å². The molecule has 3 aromatic rings. The predicted molar refractivity (Wildman–Crippen MR) is 127 cm³/mol. The molecule has 34 heavy (non-hydrogen) atoms. The molecule has 0 bridgehead atoms. The molecule has 0 aliphatic heterocycles. The Balaban J connectivity index is 1.85. The van der Waals surface area contributed by atoms with Gasteiger partial charge < -0.3 is 13.8 Å². The second-order valence-electron chi connectivity index (χ2n) is 7.20. The van der Waals surface area contributed by atoms with Crippen LogP contribution in [0.25, 0.3) is 0 Å². The van der Waals surface area contributed by atoms with E-state index in [0.717, 1.165) is 5.56 Å². The average Bonchev–Trinajstić information content (AvgIpc) is 2.83. The van der Waals surface area contributed by atoms with Crippen molar-refractivity contribution in [2.45, 2.75) is 25.8 Å². The fourth-order valence-electron chi connectivity index (χ4n) is 3.08. The van der Waals surface area contributed by atoms with Crippen LogP contribution in [0.5, 0.6) is 11.5 Å². The van der Waals surface area contributed by atoms with E-state index in [0.29, 0.717) is 6.42 Å². The third-order valence-corrected chi connectivity index (χ3v) is 6.22. The molecule has 0 aromatic heterocycles. The number of carbonyl (C=O) groups excluding carboxylic acids is 1. The smallest absolute Gasteiger partial charge is 0.465 e. The van der Waals surface area contributed by atoms with Crippen LogP contribution in [-0.4, -0.2) is 23.5 Å². The summed E-state index contributed by atoms with van der Waals surface area (Å²) in [6.45, 7) is 1.83. The first kappa shape index (κ1) is 25.0. The maximum atomic E-state index is 13.8. The average molecular weight is 484 g/mol. The van der Waals surface area contributed by atoms with Crippen molar-refractivity contribution in [2.24, 2.45) is 0 Å². The zero-order chi connectivity index (χ0) is 24.4. The number of nitro benzene ring substituents is 1. The van der Waals surface area contributed by atoms with E-state index in [-0.39, 0.29) is 30.2 Å². The molecule has 0 fully saturated rings. The van der Waals surface area contributed by atoms with Gasteiger partial charge in [0.05, 0.1) is 11.5 Å². The Labute approximate surface area is 197 Å². The van der Waals surface area contributed by atoms with Crippen LogP contribution in [0.4, 0.5) is 5.69 Å². The Bertz CT molecular complexity index is 1130. The van der Waals surface area contributed by atoms with Gasteiger partial charge in [-0.25, -0.2) is 4.57 Å². The number of rotatable bonds is 12. The first-order valence-corrected chi connectivity index (χ1v) is 12.2. The van der Waals surface area contributed by atoms with Crippen molar-refractivity contribution in [3.05, 3.63) is 101 Å². The van der Waals surface area contributed by atoms with Crippen LogP contribution < -0.4 is 14.1 Å². The van der Waals surface area contributed by atoms with E-state index >= 15 is 0 Å². The molecule has 2 atom stereocenters. The molecule has 9 nitrogen and oxygen atoms in total. The largest absolute Gasteiger partial charge is 0.513 e.